The van der Waals surface area contributed by atoms with Gasteiger partial charge in [-0.25, -0.2) is 9.78 Å². The molecule has 1 rings (SSSR count). The first kappa shape index (κ1) is 19.0. The average Bonchev–Trinajstić information content (AvgIpc) is 2.34. The summed E-state index contributed by atoms with van der Waals surface area (Å²) in [5, 5.41) is 0. The second-order valence-corrected chi connectivity index (χ2v) is 4.74. The molecule has 0 aliphatic heterocycles. The van der Waals surface area contributed by atoms with Gasteiger partial charge in [-0.15, -0.1) is 0 Å². The third kappa shape index (κ3) is 4.46. The number of amides is 1. The number of hydrogen-bond donors (Lipinski definition) is 2. The van der Waals surface area contributed by atoms with Gasteiger partial charge in [-0.05, 0) is 22.0 Å². The molecule has 0 fully saturated rings. The Hall–Kier alpha value is -2.05. The van der Waals surface area contributed by atoms with E-state index in [9.17, 15) is 35.9 Å². The van der Waals surface area contributed by atoms with E-state index in [4.69, 9.17) is 5.73 Å². The minimum atomic E-state index is -5.31. The van der Waals surface area contributed by atoms with Crippen molar-refractivity contribution in [3.8, 4) is 0 Å². The van der Waals surface area contributed by atoms with Crippen LogP contribution in [-0.4, -0.2) is 29.1 Å². The van der Waals surface area contributed by atoms with Crippen LogP contribution in [0.5, 0.6) is 0 Å². The van der Waals surface area contributed by atoms with Gasteiger partial charge in [0.2, 0.25) is 0 Å². The first-order valence-electron chi connectivity index (χ1n) is 5.35. The summed E-state index contributed by atoms with van der Waals surface area (Å²) < 4.78 is 78.1. The Morgan fingerprint density at radius 2 is 1.74 bits per heavy atom. The zero-order valence-corrected chi connectivity index (χ0v) is 12.2. The maximum atomic E-state index is 12.6. The minimum Gasteiger partial charge on any atom is -0.438 e. The molecule has 1 atom stereocenters. The van der Waals surface area contributed by atoms with E-state index in [1.54, 1.807) is 0 Å². The van der Waals surface area contributed by atoms with Crippen LogP contribution in [0.2, 0.25) is 0 Å². The van der Waals surface area contributed by atoms with Crippen molar-refractivity contribution < 1.29 is 40.7 Å². The number of esters is 1. The topological polar surface area (TPSA) is 108 Å². The molecule has 1 heterocycles. The van der Waals surface area contributed by atoms with E-state index in [2.05, 4.69) is 31.4 Å². The predicted octanol–water partition coefficient (Wildman–Crippen LogP) is 2.02. The number of carbonyl (C=O) groups is 2. The summed E-state index contributed by atoms with van der Waals surface area (Å²) in [5.74, 6) is -3.88. The third-order valence-corrected chi connectivity index (χ3v) is 2.89. The van der Waals surface area contributed by atoms with Gasteiger partial charge in [-0.3, -0.25) is 4.79 Å². The molecule has 128 valence electrons. The Morgan fingerprint density at radius 3 is 2.13 bits per heavy atom. The fourth-order valence-corrected chi connectivity index (χ4v) is 1.83. The normalized spacial score (nSPS) is 13.5. The van der Waals surface area contributed by atoms with Gasteiger partial charge >= 0.3 is 18.3 Å². The second kappa shape index (κ2) is 6.22. The van der Waals surface area contributed by atoms with Crippen molar-refractivity contribution in [1.82, 2.24) is 4.98 Å². The number of nitrogens with two attached hydrogens (primary N) is 2. The van der Waals surface area contributed by atoms with Gasteiger partial charge in [0, 0.05) is 0 Å². The summed E-state index contributed by atoms with van der Waals surface area (Å²) >= 11 is 2.41. The van der Waals surface area contributed by atoms with Crippen molar-refractivity contribution in [2.24, 2.45) is 5.73 Å². The minimum absolute atomic E-state index is 0.278. The molecule has 4 N–H and O–H groups in total. The molecule has 0 unspecified atom stereocenters. The quantitative estimate of drug-likeness (QED) is 0.451. The van der Waals surface area contributed by atoms with Crippen LogP contribution in [0.25, 0.3) is 0 Å². The highest BCUT2D eigenvalue weighted by atomic mass is 79.9. The molecule has 0 saturated heterocycles. The number of nitrogens with zero attached hydrogens (tertiary/aromatic N) is 1. The number of pyridine rings is 1. The van der Waals surface area contributed by atoms with Crippen molar-refractivity contribution in [1.29, 1.82) is 0 Å². The smallest absolute Gasteiger partial charge is 0.434 e. The van der Waals surface area contributed by atoms with Gasteiger partial charge in [0.15, 0.2) is 5.69 Å². The van der Waals surface area contributed by atoms with E-state index in [1.165, 1.54) is 0 Å². The Morgan fingerprint density at radius 1 is 1.22 bits per heavy atom. The van der Waals surface area contributed by atoms with Gasteiger partial charge in [-0.1, -0.05) is 0 Å². The van der Waals surface area contributed by atoms with Crippen molar-refractivity contribution in [2.75, 3.05) is 5.73 Å². The van der Waals surface area contributed by atoms with Crippen LogP contribution in [-0.2, 0) is 15.7 Å². The molecule has 13 heteroatoms. The van der Waals surface area contributed by atoms with Gasteiger partial charge < -0.3 is 16.2 Å². The molecule has 0 spiro atoms. The van der Waals surface area contributed by atoms with E-state index >= 15 is 0 Å². The molecule has 0 aromatic carbocycles. The lowest BCUT2D eigenvalue weighted by atomic mass is 10.2. The SMILES string of the molecule is NC(=O)[C@@H](OC(=O)c1nc(Br)c(C(F)(F)F)cc1N)C(F)(F)F. The molecule has 0 bridgehead atoms. The van der Waals surface area contributed by atoms with Gasteiger partial charge in [0.25, 0.3) is 12.0 Å². The summed E-state index contributed by atoms with van der Waals surface area (Å²) in [5.41, 5.74) is 6.33. The molecule has 1 aromatic heterocycles. The highest BCUT2D eigenvalue weighted by Crippen LogP contribution is 2.36. The zero-order valence-electron chi connectivity index (χ0n) is 10.6. The molecule has 0 aliphatic rings. The fourth-order valence-electron chi connectivity index (χ4n) is 1.32. The molecule has 1 aromatic rings. The molecular weight excluding hydrogens is 404 g/mol. The number of nitrogen functional groups attached to an aromatic ring is 1. The standard InChI is InChI=1S/C10H6BrF6N3O3/c11-6-2(9(12,13)14)1-3(18)4(20-6)8(22)23-5(7(19)21)10(15,16)17/h1,5H,18H2,(H2,19,21)/t5-/m1/s1. The second-order valence-electron chi connectivity index (χ2n) is 3.99. The van der Waals surface area contributed by atoms with E-state index in [-0.39, 0.29) is 6.07 Å². The largest absolute Gasteiger partial charge is 0.438 e. The molecule has 1 amide bonds. The van der Waals surface area contributed by atoms with E-state index in [0.717, 1.165) is 0 Å². The fraction of sp³-hybridized carbons (Fsp3) is 0.300. The number of anilines is 1. The first-order chi connectivity index (χ1) is 10.2. The number of carbonyl (C=O) groups excluding carboxylic acids is 2. The lowest BCUT2D eigenvalue weighted by Gasteiger charge is -2.18. The highest BCUT2D eigenvalue weighted by molar-refractivity contribution is 9.10. The molecule has 0 radical (unpaired) electrons. The molecule has 6 nitrogen and oxygen atoms in total. The van der Waals surface area contributed by atoms with Crippen LogP contribution in [0.3, 0.4) is 0 Å². The Kier molecular flexibility index (Phi) is 5.13. The molecule has 0 saturated carbocycles. The monoisotopic (exact) mass is 409 g/mol. The third-order valence-electron chi connectivity index (χ3n) is 2.28. The predicted molar refractivity (Wildman–Crippen MR) is 65.8 cm³/mol. The Bertz CT molecular complexity index is 646. The first-order valence-corrected chi connectivity index (χ1v) is 6.14. The van der Waals surface area contributed by atoms with Gasteiger partial charge in [0.05, 0.1) is 11.3 Å². The summed E-state index contributed by atoms with van der Waals surface area (Å²) in [6.45, 7) is 0. The lowest BCUT2D eigenvalue weighted by molar-refractivity contribution is -0.204. The maximum Gasteiger partial charge on any atom is 0.434 e. The van der Waals surface area contributed by atoms with Crippen LogP contribution in [0.15, 0.2) is 10.7 Å². The van der Waals surface area contributed by atoms with Crippen molar-refractivity contribution in [3.63, 3.8) is 0 Å². The van der Waals surface area contributed by atoms with Crippen molar-refractivity contribution in [3.05, 3.63) is 21.9 Å². The number of hydrogen-bond acceptors (Lipinski definition) is 5. The van der Waals surface area contributed by atoms with Crippen LogP contribution in [0.4, 0.5) is 32.0 Å². The van der Waals surface area contributed by atoms with E-state index in [1.807, 2.05) is 0 Å². The van der Waals surface area contributed by atoms with E-state index in [0.29, 0.717) is 0 Å². The van der Waals surface area contributed by atoms with E-state index < -0.39 is 51.9 Å². The lowest BCUT2D eigenvalue weighted by Crippen LogP contribution is -2.44. The molecule has 23 heavy (non-hydrogen) atoms. The summed E-state index contributed by atoms with van der Waals surface area (Å²) in [6.07, 6.45) is -13.5. The summed E-state index contributed by atoms with van der Waals surface area (Å²) in [7, 11) is 0. The van der Waals surface area contributed by atoms with Gasteiger partial charge in [-0.2, -0.15) is 26.3 Å². The average molecular weight is 410 g/mol. The Balaban J connectivity index is 3.20. The summed E-state index contributed by atoms with van der Waals surface area (Å²) in [6, 6.07) is 0.278. The number of halogens is 7. The van der Waals surface area contributed by atoms with Crippen LogP contribution in [0.1, 0.15) is 16.1 Å². The van der Waals surface area contributed by atoms with Gasteiger partial charge in [0.1, 0.15) is 4.60 Å². The zero-order chi connectivity index (χ0) is 18.2. The van der Waals surface area contributed by atoms with Crippen molar-refractivity contribution in [2.45, 2.75) is 18.5 Å². The van der Waals surface area contributed by atoms with Crippen molar-refractivity contribution >= 4 is 33.5 Å². The number of rotatable bonds is 3. The number of alkyl halides is 6. The highest BCUT2D eigenvalue weighted by Gasteiger charge is 2.47. The maximum absolute atomic E-state index is 12.6. The number of ether oxygens (including phenoxy) is 1. The summed E-state index contributed by atoms with van der Waals surface area (Å²) in [4.78, 5) is 25.3. The molecular formula is C10H6BrF6N3O3. The van der Waals surface area contributed by atoms with Crippen LogP contribution in [0, 0.1) is 0 Å². The number of aromatic nitrogens is 1. The molecule has 0 aliphatic carbocycles. The van der Waals surface area contributed by atoms with Crippen LogP contribution >= 0.6 is 15.9 Å². The number of primary amides is 1. The Labute approximate surface area is 131 Å². The van der Waals surface area contributed by atoms with Crippen LogP contribution < -0.4 is 11.5 Å².